The van der Waals surface area contributed by atoms with E-state index >= 15 is 0 Å². The molecule has 1 heterocycles. The van der Waals surface area contributed by atoms with Gasteiger partial charge < -0.3 is 11.1 Å². The Bertz CT molecular complexity index is 647. The fourth-order valence-electron chi connectivity index (χ4n) is 2.26. The predicted octanol–water partition coefficient (Wildman–Crippen LogP) is 1.11. The van der Waals surface area contributed by atoms with Gasteiger partial charge in [0.1, 0.15) is 5.82 Å². The second-order valence-electron chi connectivity index (χ2n) is 5.84. The standard InChI is InChI=1S/C15H27N5O3/c1-5-7-8-19-12(16)11(13(21)18-15(19)23)20(9-10(3)4)14(22)17-6-2/h10H,5-9,16H2,1-4H3,(H,17,22)(H,18,21,23). The maximum atomic E-state index is 12.3. The van der Waals surface area contributed by atoms with Gasteiger partial charge >= 0.3 is 11.7 Å². The predicted molar refractivity (Wildman–Crippen MR) is 91.9 cm³/mol. The van der Waals surface area contributed by atoms with Gasteiger partial charge in [0.15, 0.2) is 5.69 Å². The number of aromatic nitrogens is 2. The van der Waals surface area contributed by atoms with Crippen molar-refractivity contribution in [3.05, 3.63) is 20.8 Å². The van der Waals surface area contributed by atoms with Gasteiger partial charge in [-0.15, -0.1) is 0 Å². The molecule has 0 fully saturated rings. The molecule has 4 N–H and O–H groups in total. The van der Waals surface area contributed by atoms with E-state index in [0.717, 1.165) is 12.8 Å². The molecule has 0 radical (unpaired) electrons. The molecule has 0 aliphatic rings. The van der Waals surface area contributed by atoms with Gasteiger partial charge in [0, 0.05) is 19.6 Å². The van der Waals surface area contributed by atoms with Crippen molar-refractivity contribution in [1.82, 2.24) is 14.9 Å². The highest BCUT2D eigenvalue weighted by molar-refractivity contribution is 5.94. The minimum Gasteiger partial charge on any atom is -0.383 e. The van der Waals surface area contributed by atoms with Crippen LogP contribution in [0.2, 0.25) is 0 Å². The number of amides is 2. The van der Waals surface area contributed by atoms with E-state index in [1.807, 2.05) is 20.8 Å². The zero-order valence-electron chi connectivity index (χ0n) is 14.3. The third kappa shape index (κ3) is 4.61. The van der Waals surface area contributed by atoms with Crippen LogP contribution in [0.1, 0.15) is 40.5 Å². The number of unbranched alkanes of at least 4 members (excludes halogenated alkanes) is 1. The molecule has 23 heavy (non-hydrogen) atoms. The van der Waals surface area contributed by atoms with Gasteiger partial charge in [-0.1, -0.05) is 27.2 Å². The van der Waals surface area contributed by atoms with Crippen molar-refractivity contribution in [1.29, 1.82) is 0 Å². The molecule has 1 aromatic heterocycles. The molecular weight excluding hydrogens is 298 g/mol. The third-order valence-corrected chi connectivity index (χ3v) is 3.34. The van der Waals surface area contributed by atoms with E-state index in [1.54, 1.807) is 6.92 Å². The second-order valence-corrected chi connectivity index (χ2v) is 5.84. The number of nitrogens with one attached hydrogen (secondary N) is 2. The smallest absolute Gasteiger partial charge is 0.330 e. The molecule has 0 atom stereocenters. The molecule has 2 amide bonds. The first kappa shape index (κ1) is 18.8. The van der Waals surface area contributed by atoms with Crippen LogP contribution in [0.4, 0.5) is 16.3 Å². The maximum absolute atomic E-state index is 12.3. The van der Waals surface area contributed by atoms with E-state index in [2.05, 4.69) is 10.3 Å². The van der Waals surface area contributed by atoms with E-state index in [9.17, 15) is 14.4 Å². The van der Waals surface area contributed by atoms with Gasteiger partial charge in [0.25, 0.3) is 5.56 Å². The number of nitrogens with zero attached hydrogens (tertiary/aromatic N) is 2. The largest absolute Gasteiger partial charge is 0.383 e. The molecule has 130 valence electrons. The van der Waals surface area contributed by atoms with Crippen LogP contribution < -0.4 is 27.2 Å². The van der Waals surface area contributed by atoms with Crippen molar-refractivity contribution in [2.75, 3.05) is 23.7 Å². The van der Waals surface area contributed by atoms with Gasteiger partial charge in [-0.25, -0.2) is 9.59 Å². The van der Waals surface area contributed by atoms with Crippen LogP contribution in [-0.2, 0) is 6.54 Å². The van der Waals surface area contributed by atoms with Crippen molar-refractivity contribution >= 4 is 17.5 Å². The van der Waals surface area contributed by atoms with E-state index in [4.69, 9.17) is 5.73 Å². The van der Waals surface area contributed by atoms with E-state index in [1.165, 1.54) is 9.47 Å². The first-order valence-electron chi connectivity index (χ1n) is 8.01. The molecule has 0 aliphatic carbocycles. The number of carbonyl (C=O) groups excluding carboxylic acids is 1. The summed E-state index contributed by atoms with van der Waals surface area (Å²) in [5.41, 5.74) is 4.89. The Kier molecular flexibility index (Phi) is 6.87. The number of aromatic amines is 1. The highest BCUT2D eigenvalue weighted by Crippen LogP contribution is 2.18. The topological polar surface area (TPSA) is 113 Å². The quantitative estimate of drug-likeness (QED) is 0.697. The summed E-state index contributed by atoms with van der Waals surface area (Å²) in [5.74, 6) is 0.159. The lowest BCUT2D eigenvalue weighted by Gasteiger charge is -2.26. The Morgan fingerprint density at radius 3 is 2.52 bits per heavy atom. The summed E-state index contributed by atoms with van der Waals surface area (Å²) in [6.07, 6.45) is 1.63. The number of urea groups is 1. The summed E-state index contributed by atoms with van der Waals surface area (Å²) in [7, 11) is 0. The van der Waals surface area contributed by atoms with E-state index in [0.29, 0.717) is 19.6 Å². The second kappa shape index (κ2) is 8.40. The lowest BCUT2D eigenvalue weighted by Crippen LogP contribution is -2.47. The minimum atomic E-state index is -0.646. The number of H-pyrrole nitrogens is 1. The van der Waals surface area contributed by atoms with Crippen molar-refractivity contribution in [2.45, 2.75) is 47.1 Å². The number of hydrogen-bond donors (Lipinski definition) is 3. The molecule has 0 unspecified atom stereocenters. The average molecular weight is 325 g/mol. The Hall–Kier alpha value is -2.25. The normalized spacial score (nSPS) is 10.8. The number of hydrogen-bond acceptors (Lipinski definition) is 4. The fraction of sp³-hybridized carbons (Fsp3) is 0.667. The highest BCUT2D eigenvalue weighted by Gasteiger charge is 2.24. The van der Waals surface area contributed by atoms with Gasteiger partial charge in [-0.3, -0.25) is 19.2 Å². The van der Waals surface area contributed by atoms with Gasteiger partial charge in [-0.2, -0.15) is 0 Å². The summed E-state index contributed by atoms with van der Waals surface area (Å²) in [6.45, 7) is 8.81. The third-order valence-electron chi connectivity index (χ3n) is 3.34. The maximum Gasteiger partial charge on any atom is 0.330 e. The molecule has 8 heteroatoms. The lowest BCUT2D eigenvalue weighted by molar-refractivity contribution is 0.246. The van der Waals surface area contributed by atoms with Crippen molar-refractivity contribution in [3.8, 4) is 0 Å². The van der Waals surface area contributed by atoms with Crippen LogP contribution in [0.5, 0.6) is 0 Å². The molecule has 0 spiro atoms. The summed E-state index contributed by atoms with van der Waals surface area (Å²) in [6, 6.07) is -0.404. The number of rotatable bonds is 7. The molecular formula is C15H27N5O3. The molecule has 0 saturated heterocycles. The molecule has 0 bridgehead atoms. The number of anilines is 2. The Morgan fingerprint density at radius 2 is 2.00 bits per heavy atom. The van der Waals surface area contributed by atoms with Crippen LogP contribution in [0.3, 0.4) is 0 Å². The van der Waals surface area contributed by atoms with Gasteiger partial charge in [-0.05, 0) is 19.3 Å². The van der Waals surface area contributed by atoms with E-state index in [-0.39, 0.29) is 17.4 Å². The average Bonchev–Trinajstić information content (AvgIpc) is 2.45. The summed E-state index contributed by atoms with van der Waals surface area (Å²) >= 11 is 0. The molecule has 0 saturated carbocycles. The van der Waals surface area contributed by atoms with Crippen molar-refractivity contribution in [3.63, 3.8) is 0 Å². The van der Waals surface area contributed by atoms with Crippen molar-refractivity contribution in [2.24, 2.45) is 5.92 Å². The first-order valence-corrected chi connectivity index (χ1v) is 8.01. The molecule has 1 rings (SSSR count). The summed E-state index contributed by atoms with van der Waals surface area (Å²) in [5, 5.41) is 2.67. The summed E-state index contributed by atoms with van der Waals surface area (Å²) < 4.78 is 1.31. The molecule has 8 nitrogen and oxygen atoms in total. The first-order chi connectivity index (χ1) is 10.8. The zero-order valence-corrected chi connectivity index (χ0v) is 14.3. The number of carbonyl (C=O) groups is 1. The zero-order chi connectivity index (χ0) is 17.6. The molecule has 0 aromatic carbocycles. The van der Waals surface area contributed by atoms with E-state index < -0.39 is 17.3 Å². The van der Waals surface area contributed by atoms with Crippen molar-refractivity contribution < 1.29 is 4.79 Å². The fourth-order valence-corrected chi connectivity index (χ4v) is 2.26. The Labute approximate surface area is 135 Å². The van der Waals surface area contributed by atoms with Crippen LogP contribution in [-0.4, -0.2) is 28.7 Å². The molecule has 0 aliphatic heterocycles. The lowest BCUT2D eigenvalue weighted by atomic mass is 10.2. The Balaban J connectivity index is 3.43. The Morgan fingerprint density at radius 1 is 1.35 bits per heavy atom. The number of nitrogens with two attached hydrogens (primary N) is 1. The minimum absolute atomic E-state index is 0.0269. The highest BCUT2D eigenvalue weighted by atomic mass is 16.2. The van der Waals surface area contributed by atoms with Crippen LogP contribution >= 0.6 is 0 Å². The van der Waals surface area contributed by atoms with Crippen LogP contribution in [0.15, 0.2) is 9.59 Å². The number of nitrogen functional groups attached to an aromatic ring is 1. The summed E-state index contributed by atoms with van der Waals surface area (Å²) in [4.78, 5) is 40.1. The monoisotopic (exact) mass is 325 g/mol. The van der Waals surface area contributed by atoms with Crippen LogP contribution in [0.25, 0.3) is 0 Å². The van der Waals surface area contributed by atoms with Gasteiger partial charge in [0.2, 0.25) is 0 Å². The SMILES string of the molecule is CCCCn1c(N)c(N(CC(C)C)C(=O)NCC)c(=O)[nH]c1=O. The van der Waals surface area contributed by atoms with Gasteiger partial charge in [0.05, 0.1) is 0 Å². The van der Waals surface area contributed by atoms with Crippen LogP contribution in [0, 0.1) is 5.92 Å². The molecule has 1 aromatic rings.